The normalized spacial score (nSPS) is 8.42. The molecule has 0 amide bonds. The molecular formula is C8H16ClNO2. The van der Waals surface area contributed by atoms with Gasteiger partial charge >= 0.3 is 5.97 Å². The molecule has 12 heavy (non-hydrogen) atoms. The first-order valence-corrected chi connectivity index (χ1v) is 3.75. The minimum atomic E-state index is -0.338. The van der Waals surface area contributed by atoms with Crippen LogP contribution in [-0.4, -0.2) is 26.2 Å². The number of hydrogen-bond acceptors (Lipinski definition) is 3. The molecule has 0 fully saturated rings. The maximum absolute atomic E-state index is 10.5. The summed E-state index contributed by atoms with van der Waals surface area (Å²) in [4.78, 5) is 10.5. The first kappa shape index (κ1) is 14.0. The average molecular weight is 194 g/mol. The van der Waals surface area contributed by atoms with Gasteiger partial charge in [0.05, 0.1) is 6.61 Å². The van der Waals surface area contributed by atoms with E-state index in [0.717, 1.165) is 19.4 Å². The van der Waals surface area contributed by atoms with Crippen molar-refractivity contribution in [2.75, 3.05) is 20.2 Å². The van der Waals surface area contributed by atoms with Gasteiger partial charge in [-0.05, 0) is 26.4 Å². The summed E-state index contributed by atoms with van der Waals surface area (Å²) in [6, 6.07) is 0. The fourth-order valence-corrected chi connectivity index (χ4v) is 0.636. The monoisotopic (exact) mass is 193 g/mol. The molecule has 0 heterocycles. The minimum Gasteiger partial charge on any atom is -0.463 e. The molecule has 0 saturated carbocycles. The van der Waals surface area contributed by atoms with Gasteiger partial charge in [-0.15, -0.1) is 12.4 Å². The Balaban J connectivity index is 0. The van der Waals surface area contributed by atoms with E-state index in [2.05, 4.69) is 11.9 Å². The molecule has 72 valence electrons. The number of esters is 1. The van der Waals surface area contributed by atoms with Gasteiger partial charge in [-0.25, -0.2) is 4.79 Å². The molecule has 0 aliphatic heterocycles. The van der Waals surface area contributed by atoms with Crippen LogP contribution in [0.4, 0.5) is 0 Å². The molecule has 4 heteroatoms. The van der Waals surface area contributed by atoms with E-state index in [4.69, 9.17) is 4.74 Å². The molecule has 0 radical (unpaired) electrons. The number of nitrogens with one attached hydrogen (secondary N) is 1. The van der Waals surface area contributed by atoms with Crippen molar-refractivity contribution in [2.45, 2.75) is 12.8 Å². The Morgan fingerprint density at radius 2 is 2.25 bits per heavy atom. The fraction of sp³-hybridized carbons (Fsp3) is 0.625. The van der Waals surface area contributed by atoms with Gasteiger partial charge in [0.1, 0.15) is 0 Å². The molecule has 3 nitrogen and oxygen atoms in total. The van der Waals surface area contributed by atoms with Crippen molar-refractivity contribution in [3.05, 3.63) is 12.7 Å². The zero-order valence-electron chi connectivity index (χ0n) is 7.34. The molecule has 0 spiro atoms. The maximum atomic E-state index is 10.5. The molecule has 0 atom stereocenters. The standard InChI is InChI=1S/C8H15NO2.ClH/c1-3-8(10)11-7-5-4-6-9-2;/h3,9H,1,4-7H2,2H3;1H. The third-order valence-corrected chi connectivity index (χ3v) is 1.23. The molecule has 0 aromatic rings. The topological polar surface area (TPSA) is 38.3 Å². The Hall–Kier alpha value is -0.540. The number of halogens is 1. The van der Waals surface area contributed by atoms with E-state index in [1.54, 1.807) is 0 Å². The van der Waals surface area contributed by atoms with Crippen LogP contribution in [0.2, 0.25) is 0 Å². The average Bonchev–Trinajstić information content (AvgIpc) is 2.04. The van der Waals surface area contributed by atoms with Crippen LogP contribution in [0.1, 0.15) is 12.8 Å². The Labute approximate surface area is 79.6 Å². The van der Waals surface area contributed by atoms with Crippen molar-refractivity contribution in [1.82, 2.24) is 5.32 Å². The second kappa shape index (κ2) is 10.5. The number of unbranched alkanes of at least 4 members (excludes halogenated alkanes) is 1. The van der Waals surface area contributed by atoms with Gasteiger partial charge in [0.2, 0.25) is 0 Å². The lowest BCUT2D eigenvalue weighted by atomic mass is 10.3. The van der Waals surface area contributed by atoms with Gasteiger partial charge in [-0.3, -0.25) is 0 Å². The van der Waals surface area contributed by atoms with Crippen molar-refractivity contribution >= 4 is 18.4 Å². The summed E-state index contributed by atoms with van der Waals surface area (Å²) in [6.07, 6.45) is 3.11. The second-order valence-electron chi connectivity index (χ2n) is 2.18. The zero-order valence-corrected chi connectivity index (χ0v) is 8.15. The van der Waals surface area contributed by atoms with E-state index in [1.165, 1.54) is 6.08 Å². The number of carbonyl (C=O) groups excluding carboxylic acids is 1. The smallest absolute Gasteiger partial charge is 0.330 e. The molecule has 0 aliphatic carbocycles. The van der Waals surface area contributed by atoms with Crippen molar-refractivity contribution < 1.29 is 9.53 Å². The van der Waals surface area contributed by atoms with Gasteiger partial charge in [0.25, 0.3) is 0 Å². The van der Waals surface area contributed by atoms with Crippen LogP contribution in [0.5, 0.6) is 0 Å². The van der Waals surface area contributed by atoms with Crippen molar-refractivity contribution in [1.29, 1.82) is 0 Å². The molecule has 0 saturated heterocycles. The summed E-state index contributed by atoms with van der Waals surface area (Å²) in [5.74, 6) is -0.338. The first-order valence-electron chi connectivity index (χ1n) is 3.75. The lowest BCUT2D eigenvalue weighted by Gasteiger charge is -2.00. The van der Waals surface area contributed by atoms with Crippen molar-refractivity contribution in [3.8, 4) is 0 Å². The number of rotatable bonds is 6. The Morgan fingerprint density at radius 3 is 2.75 bits per heavy atom. The lowest BCUT2D eigenvalue weighted by Crippen LogP contribution is -2.09. The first-order chi connectivity index (χ1) is 5.31. The summed E-state index contributed by atoms with van der Waals surface area (Å²) in [5.41, 5.74) is 0. The Bertz CT molecular complexity index is 128. The van der Waals surface area contributed by atoms with E-state index in [-0.39, 0.29) is 18.4 Å². The van der Waals surface area contributed by atoms with Gasteiger partial charge in [0.15, 0.2) is 0 Å². The molecule has 0 aromatic heterocycles. The molecule has 0 aromatic carbocycles. The van der Waals surface area contributed by atoms with Crippen LogP contribution >= 0.6 is 12.4 Å². The molecular weight excluding hydrogens is 178 g/mol. The fourth-order valence-electron chi connectivity index (χ4n) is 0.636. The summed E-state index contributed by atoms with van der Waals surface area (Å²) in [6.45, 7) is 4.75. The highest BCUT2D eigenvalue weighted by Gasteiger charge is 1.93. The van der Waals surface area contributed by atoms with Gasteiger partial charge in [0, 0.05) is 6.08 Å². The van der Waals surface area contributed by atoms with Crippen molar-refractivity contribution in [2.24, 2.45) is 0 Å². The summed E-state index contributed by atoms with van der Waals surface area (Å²) < 4.78 is 4.75. The number of hydrogen-bond donors (Lipinski definition) is 1. The molecule has 0 aliphatic rings. The minimum absolute atomic E-state index is 0. The molecule has 0 rings (SSSR count). The molecule has 1 N–H and O–H groups in total. The third kappa shape index (κ3) is 9.46. The van der Waals surface area contributed by atoms with Crippen molar-refractivity contribution in [3.63, 3.8) is 0 Å². The summed E-state index contributed by atoms with van der Waals surface area (Å²) >= 11 is 0. The highest BCUT2D eigenvalue weighted by Crippen LogP contribution is 1.88. The zero-order chi connectivity index (χ0) is 8.53. The second-order valence-corrected chi connectivity index (χ2v) is 2.18. The van der Waals surface area contributed by atoms with Crippen LogP contribution in [0, 0.1) is 0 Å². The number of ether oxygens (including phenoxy) is 1. The van der Waals surface area contributed by atoms with Crippen LogP contribution in [0.3, 0.4) is 0 Å². The van der Waals surface area contributed by atoms with Crippen LogP contribution in [-0.2, 0) is 9.53 Å². The Morgan fingerprint density at radius 1 is 1.58 bits per heavy atom. The summed E-state index contributed by atoms with van der Waals surface area (Å²) in [7, 11) is 1.90. The Kier molecular flexibility index (Phi) is 12.2. The highest BCUT2D eigenvalue weighted by molar-refractivity contribution is 5.85. The maximum Gasteiger partial charge on any atom is 0.330 e. The highest BCUT2D eigenvalue weighted by atomic mass is 35.5. The predicted octanol–water partition coefficient (Wildman–Crippen LogP) is 1.14. The largest absolute Gasteiger partial charge is 0.463 e. The SMILES string of the molecule is C=CC(=O)OCCCCNC.Cl. The van der Waals surface area contributed by atoms with Gasteiger partial charge in [-0.2, -0.15) is 0 Å². The number of carbonyl (C=O) groups is 1. The summed E-state index contributed by atoms with van der Waals surface area (Å²) in [5, 5.41) is 3.01. The lowest BCUT2D eigenvalue weighted by molar-refractivity contribution is -0.137. The van der Waals surface area contributed by atoms with Crippen LogP contribution in [0.15, 0.2) is 12.7 Å². The van der Waals surface area contributed by atoms with E-state index in [9.17, 15) is 4.79 Å². The van der Waals surface area contributed by atoms with E-state index < -0.39 is 0 Å². The third-order valence-electron chi connectivity index (χ3n) is 1.23. The van der Waals surface area contributed by atoms with E-state index in [0.29, 0.717) is 6.61 Å². The van der Waals surface area contributed by atoms with Gasteiger partial charge < -0.3 is 10.1 Å². The van der Waals surface area contributed by atoms with E-state index in [1.807, 2.05) is 7.05 Å². The molecule has 0 bridgehead atoms. The van der Waals surface area contributed by atoms with Gasteiger partial charge in [-0.1, -0.05) is 6.58 Å². The quantitative estimate of drug-likeness (QED) is 0.391. The molecule has 0 unspecified atom stereocenters. The predicted molar refractivity (Wildman–Crippen MR) is 51.6 cm³/mol. The van der Waals surface area contributed by atoms with Crippen LogP contribution < -0.4 is 5.32 Å². The van der Waals surface area contributed by atoms with Crippen LogP contribution in [0.25, 0.3) is 0 Å². The van der Waals surface area contributed by atoms with E-state index >= 15 is 0 Å².